The Hall–Kier alpha value is -3.80. The fraction of sp³-hybridized carbons (Fsp3) is 0.0909. The van der Waals surface area contributed by atoms with Crippen LogP contribution < -0.4 is 10.9 Å². The number of hydrogen-bond acceptors (Lipinski definition) is 3. The molecule has 6 heteroatoms. The third-order valence-electron chi connectivity index (χ3n) is 4.78. The lowest BCUT2D eigenvalue weighted by Gasteiger charge is -2.11. The van der Waals surface area contributed by atoms with Gasteiger partial charge in [0.2, 0.25) is 0 Å². The first-order chi connectivity index (χ1) is 13.5. The number of carboxylic acid groups (broad SMARTS) is 1. The molecule has 3 N–H and O–H groups in total. The molecule has 0 radical (unpaired) electrons. The van der Waals surface area contributed by atoms with E-state index in [0.717, 1.165) is 22.2 Å². The minimum Gasteiger partial charge on any atom is -0.478 e. The summed E-state index contributed by atoms with van der Waals surface area (Å²) in [5.41, 5.74) is 2.55. The van der Waals surface area contributed by atoms with Crippen LogP contribution in [-0.4, -0.2) is 20.9 Å². The first-order valence-corrected chi connectivity index (χ1v) is 8.90. The van der Waals surface area contributed by atoms with Crippen LogP contribution in [-0.2, 0) is 6.54 Å². The van der Waals surface area contributed by atoms with Crippen LogP contribution in [0.5, 0.6) is 0 Å². The number of aromatic carboxylic acids is 1. The van der Waals surface area contributed by atoms with Crippen LogP contribution in [0.15, 0.2) is 71.5 Å². The summed E-state index contributed by atoms with van der Waals surface area (Å²) >= 11 is 0. The Labute approximate surface area is 161 Å². The van der Waals surface area contributed by atoms with E-state index in [1.165, 1.54) is 4.68 Å². The Morgan fingerprint density at radius 3 is 2.36 bits per heavy atom. The Morgan fingerprint density at radius 2 is 1.68 bits per heavy atom. The first kappa shape index (κ1) is 17.6. The summed E-state index contributed by atoms with van der Waals surface area (Å²) in [6, 6.07) is 20.3. The minimum absolute atomic E-state index is 0.158. The maximum atomic E-state index is 12.8. The van der Waals surface area contributed by atoms with Crippen LogP contribution in [0.1, 0.15) is 21.6 Å². The summed E-state index contributed by atoms with van der Waals surface area (Å²) in [4.78, 5) is 24.5. The van der Waals surface area contributed by atoms with Crippen LogP contribution in [0.4, 0.5) is 5.69 Å². The summed E-state index contributed by atoms with van der Waals surface area (Å²) in [6.07, 6.45) is 0. The molecule has 0 unspecified atom stereocenters. The number of benzene rings is 3. The number of fused-ring (bicyclic) bond motifs is 1. The van der Waals surface area contributed by atoms with E-state index in [-0.39, 0.29) is 17.7 Å². The van der Waals surface area contributed by atoms with Crippen LogP contribution in [0.25, 0.3) is 16.5 Å². The third-order valence-corrected chi connectivity index (χ3v) is 4.78. The smallest absolute Gasteiger partial charge is 0.337 e. The zero-order valence-corrected chi connectivity index (χ0v) is 15.3. The zero-order valence-electron chi connectivity index (χ0n) is 15.3. The number of carbonyl (C=O) groups is 1. The molecule has 0 saturated heterocycles. The number of hydrogen-bond donors (Lipinski definition) is 3. The van der Waals surface area contributed by atoms with Crippen molar-refractivity contribution in [1.82, 2.24) is 9.78 Å². The second-order valence-electron chi connectivity index (χ2n) is 6.60. The lowest BCUT2D eigenvalue weighted by atomic mass is 10.0. The second kappa shape index (κ2) is 7.08. The van der Waals surface area contributed by atoms with Crippen LogP contribution >= 0.6 is 0 Å². The number of H-pyrrole nitrogens is 1. The van der Waals surface area contributed by atoms with Gasteiger partial charge in [-0.25, -0.2) is 9.48 Å². The van der Waals surface area contributed by atoms with Gasteiger partial charge in [-0.3, -0.25) is 9.89 Å². The van der Waals surface area contributed by atoms with Gasteiger partial charge in [-0.1, -0.05) is 42.5 Å². The highest BCUT2D eigenvalue weighted by Gasteiger charge is 2.15. The molecule has 0 spiro atoms. The maximum Gasteiger partial charge on any atom is 0.337 e. The molecule has 0 atom stereocenters. The molecule has 0 bridgehead atoms. The number of nitrogens with one attached hydrogen (secondary N) is 2. The number of anilines is 1. The standard InChI is InChI=1S/C22H19N3O3/c1-14-19(21(26)25(24-14)17-9-3-2-4-10-17)13-23-20-12-16-8-6-5-7-15(16)11-18(20)22(27)28/h2-12,23-24H,13H2,1H3,(H,27,28). The Kier molecular flexibility index (Phi) is 4.45. The lowest BCUT2D eigenvalue weighted by molar-refractivity contribution is 0.0698. The summed E-state index contributed by atoms with van der Waals surface area (Å²) in [6.45, 7) is 2.05. The Balaban J connectivity index is 1.69. The van der Waals surface area contributed by atoms with E-state index in [0.29, 0.717) is 11.3 Å². The van der Waals surface area contributed by atoms with E-state index in [1.54, 1.807) is 12.1 Å². The van der Waals surface area contributed by atoms with E-state index in [4.69, 9.17) is 0 Å². The molecular formula is C22H19N3O3. The van der Waals surface area contributed by atoms with Gasteiger partial charge in [0.25, 0.3) is 5.56 Å². The second-order valence-corrected chi connectivity index (χ2v) is 6.60. The van der Waals surface area contributed by atoms with E-state index in [9.17, 15) is 14.7 Å². The molecule has 3 aromatic carbocycles. The van der Waals surface area contributed by atoms with Gasteiger partial charge in [-0.2, -0.15) is 0 Å². The maximum absolute atomic E-state index is 12.8. The largest absolute Gasteiger partial charge is 0.478 e. The highest BCUT2D eigenvalue weighted by Crippen LogP contribution is 2.25. The number of aromatic amines is 1. The molecule has 1 aromatic heterocycles. The molecule has 4 aromatic rings. The molecular weight excluding hydrogens is 354 g/mol. The highest BCUT2D eigenvalue weighted by atomic mass is 16.4. The number of aromatic nitrogens is 2. The Bertz CT molecular complexity index is 1220. The molecule has 1 heterocycles. The van der Waals surface area contributed by atoms with Crippen molar-refractivity contribution >= 4 is 22.4 Å². The molecule has 0 aliphatic carbocycles. The fourth-order valence-corrected chi connectivity index (χ4v) is 3.30. The van der Waals surface area contributed by atoms with Crippen LogP contribution in [0, 0.1) is 6.92 Å². The van der Waals surface area contributed by atoms with Crippen LogP contribution in [0.3, 0.4) is 0 Å². The van der Waals surface area contributed by atoms with Gasteiger partial charge in [0.05, 0.1) is 16.8 Å². The summed E-state index contributed by atoms with van der Waals surface area (Å²) in [5.74, 6) is -1.01. The molecule has 0 saturated carbocycles. The third kappa shape index (κ3) is 3.16. The number of para-hydroxylation sites is 1. The summed E-state index contributed by atoms with van der Waals surface area (Å²) in [5, 5.41) is 17.6. The molecule has 140 valence electrons. The van der Waals surface area contributed by atoms with Gasteiger partial charge in [0.15, 0.2) is 0 Å². The zero-order chi connectivity index (χ0) is 19.7. The van der Waals surface area contributed by atoms with E-state index >= 15 is 0 Å². The van der Waals surface area contributed by atoms with Crippen molar-refractivity contribution in [3.8, 4) is 5.69 Å². The molecule has 0 aliphatic heterocycles. The number of aryl methyl sites for hydroxylation is 1. The van der Waals surface area contributed by atoms with Gasteiger partial charge in [-0.05, 0) is 42.0 Å². The summed E-state index contributed by atoms with van der Waals surface area (Å²) in [7, 11) is 0. The first-order valence-electron chi connectivity index (χ1n) is 8.90. The van der Waals surface area contributed by atoms with Crippen molar-refractivity contribution in [3.63, 3.8) is 0 Å². The van der Waals surface area contributed by atoms with E-state index in [2.05, 4.69) is 10.4 Å². The average Bonchev–Trinajstić information content (AvgIpc) is 3.00. The molecule has 4 rings (SSSR count). The van der Waals surface area contributed by atoms with Gasteiger partial charge in [0, 0.05) is 17.9 Å². The van der Waals surface area contributed by atoms with Crippen molar-refractivity contribution in [2.45, 2.75) is 13.5 Å². The quantitative estimate of drug-likeness (QED) is 0.495. The topological polar surface area (TPSA) is 87.1 Å². The van der Waals surface area contributed by atoms with Crippen LogP contribution in [0.2, 0.25) is 0 Å². The van der Waals surface area contributed by atoms with Gasteiger partial charge in [-0.15, -0.1) is 0 Å². The van der Waals surface area contributed by atoms with Crippen molar-refractivity contribution in [3.05, 3.63) is 93.9 Å². The molecule has 0 aliphatic rings. The summed E-state index contributed by atoms with van der Waals surface area (Å²) < 4.78 is 1.49. The SMILES string of the molecule is Cc1[nH]n(-c2ccccc2)c(=O)c1CNc1cc2ccccc2cc1C(=O)O. The van der Waals surface area contributed by atoms with Crippen molar-refractivity contribution in [2.75, 3.05) is 5.32 Å². The van der Waals surface area contributed by atoms with E-state index < -0.39 is 5.97 Å². The van der Waals surface area contributed by atoms with Crippen molar-refractivity contribution < 1.29 is 9.90 Å². The van der Waals surface area contributed by atoms with Gasteiger partial charge >= 0.3 is 5.97 Å². The average molecular weight is 373 g/mol. The molecule has 0 fully saturated rings. The van der Waals surface area contributed by atoms with Gasteiger partial charge in [0.1, 0.15) is 0 Å². The Morgan fingerprint density at radius 1 is 1.04 bits per heavy atom. The molecule has 0 amide bonds. The van der Waals surface area contributed by atoms with Crippen molar-refractivity contribution in [1.29, 1.82) is 0 Å². The van der Waals surface area contributed by atoms with Crippen molar-refractivity contribution in [2.24, 2.45) is 0 Å². The normalized spacial score (nSPS) is 10.9. The van der Waals surface area contributed by atoms with E-state index in [1.807, 2.05) is 61.5 Å². The van der Waals surface area contributed by atoms with Gasteiger partial charge < -0.3 is 10.4 Å². The lowest BCUT2D eigenvalue weighted by Crippen LogP contribution is -2.19. The highest BCUT2D eigenvalue weighted by molar-refractivity contribution is 6.00. The minimum atomic E-state index is -1.01. The predicted molar refractivity (Wildman–Crippen MR) is 109 cm³/mol. The predicted octanol–water partition coefficient (Wildman–Crippen LogP) is 3.94. The molecule has 28 heavy (non-hydrogen) atoms. The fourth-order valence-electron chi connectivity index (χ4n) is 3.30. The number of rotatable bonds is 5. The molecule has 6 nitrogen and oxygen atoms in total. The number of carboxylic acids is 1. The number of nitrogens with zero attached hydrogens (tertiary/aromatic N) is 1. The monoisotopic (exact) mass is 373 g/mol.